The fourth-order valence-electron chi connectivity index (χ4n) is 3.41. The second kappa shape index (κ2) is 9.23. The first-order valence-electron chi connectivity index (χ1n) is 10.2. The van der Waals surface area contributed by atoms with Gasteiger partial charge >= 0.3 is 0 Å². The molecule has 3 aromatic carbocycles. The van der Waals surface area contributed by atoms with Crippen LogP contribution in [0, 0.1) is 0 Å². The van der Waals surface area contributed by atoms with Gasteiger partial charge < -0.3 is 9.73 Å². The Labute approximate surface area is 176 Å². The topological polar surface area (TPSA) is 55.1 Å². The van der Waals surface area contributed by atoms with E-state index in [1.54, 1.807) is 0 Å². The predicted octanol–water partition coefficient (Wildman–Crippen LogP) is 5.82. The molecule has 1 aromatic heterocycles. The maximum Gasteiger partial charge on any atom is 0.220 e. The molecule has 30 heavy (non-hydrogen) atoms. The lowest BCUT2D eigenvalue weighted by atomic mass is 10.1. The van der Waals surface area contributed by atoms with Gasteiger partial charge in [-0.3, -0.25) is 4.79 Å². The van der Waals surface area contributed by atoms with E-state index >= 15 is 0 Å². The van der Waals surface area contributed by atoms with E-state index in [1.165, 1.54) is 0 Å². The Kier molecular flexibility index (Phi) is 6.04. The SMILES string of the molecule is CC(NC(=O)CCc1nc(-c2ccccc2)c(-c2ccccc2)o1)c1ccccc1. The number of aromatic nitrogens is 1. The van der Waals surface area contributed by atoms with E-state index in [2.05, 4.69) is 5.32 Å². The molecule has 4 nitrogen and oxygen atoms in total. The third-order valence-corrected chi connectivity index (χ3v) is 5.00. The van der Waals surface area contributed by atoms with Gasteiger partial charge in [0.05, 0.1) is 6.04 Å². The maximum atomic E-state index is 12.5. The molecule has 1 N–H and O–H groups in total. The average molecular weight is 396 g/mol. The Morgan fingerprint density at radius 2 is 1.43 bits per heavy atom. The molecule has 0 aliphatic rings. The van der Waals surface area contributed by atoms with Crippen LogP contribution < -0.4 is 5.32 Å². The van der Waals surface area contributed by atoms with Crippen LogP contribution in [0.1, 0.15) is 30.8 Å². The lowest BCUT2D eigenvalue weighted by Gasteiger charge is -2.13. The van der Waals surface area contributed by atoms with Gasteiger partial charge in [0.25, 0.3) is 0 Å². The first-order chi connectivity index (χ1) is 14.7. The van der Waals surface area contributed by atoms with Crippen molar-refractivity contribution in [3.63, 3.8) is 0 Å². The number of aryl methyl sites for hydroxylation is 1. The molecule has 4 aromatic rings. The second-order valence-corrected chi connectivity index (χ2v) is 7.22. The third kappa shape index (κ3) is 4.66. The van der Waals surface area contributed by atoms with Crippen LogP contribution in [0.25, 0.3) is 22.6 Å². The molecular formula is C26H24N2O2. The molecule has 0 saturated heterocycles. The summed E-state index contributed by atoms with van der Waals surface area (Å²) in [7, 11) is 0. The molecule has 150 valence electrons. The molecule has 0 spiro atoms. The molecule has 0 aliphatic heterocycles. The van der Waals surface area contributed by atoms with Crippen molar-refractivity contribution in [1.29, 1.82) is 0 Å². The van der Waals surface area contributed by atoms with Crippen LogP contribution in [0.15, 0.2) is 95.4 Å². The van der Waals surface area contributed by atoms with Gasteiger partial charge in [0.15, 0.2) is 11.7 Å². The van der Waals surface area contributed by atoms with Crippen molar-refractivity contribution in [3.8, 4) is 22.6 Å². The number of rotatable bonds is 7. The standard InChI is InChI=1S/C26H24N2O2/c1-19(20-11-5-2-6-12-20)27-23(29)17-18-24-28-25(21-13-7-3-8-14-21)26(30-24)22-15-9-4-10-16-22/h2-16,19H,17-18H2,1H3,(H,27,29). The number of hydrogen-bond acceptors (Lipinski definition) is 3. The summed E-state index contributed by atoms with van der Waals surface area (Å²) < 4.78 is 6.10. The van der Waals surface area contributed by atoms with Crippen molar-refractivity contribution < 1.29 is 9.21 Å². The van der Waals surface area contributed by atoms with Crippen LogP contribution in [0.5, 0.6) is 0 Å². The number of nitrogens with one attached hydrogen (secondary N) is 1. The molecule has 1 amide bonds. The molecule has 0 bridgehead atoms. The summed E-state index contributed by atoms with van der Waals surface area (Å²) in [4.78, 5) is 17.2. The average Bonchev–Trinajstić information content (AvgIpc) is 3.24. The maximum absolute atomic E-state index is 12.5. The van der Waals surface area contributed by atoms with Crippen molar-refractivity contribution in [3.05, 3.63) is 102 Å². The van der Waals surface area contributed by atoms with E-state index in [1.807, 2.05) is 97.9 Å². The summed E-state index contributed by atoms with van der Waals surface area (Å²) in [6, 6.07) is 29.8. The van der Waals surface area contributed by atoms with E-state index in [0.717, 1.165) is 28.1 Å². The lowest BCUT2D eigenvalue weighted by Crippen LogP contribution is -2.26. The fourth-order valence-corrected chi connectivity index (χ4v) is 3.41. The Hall–Kier alpha value is -3.66. The first kappa shape index (κ1) is 19.6. The summed E-state index contributed by atoms with van der Waals surface area (Å²) in [6.45, 7) is 1.99. The van der Waals surface area contributed by atoms with E-state index in [-0.39, 0.29) is 11.9 Å². The summed E-state index contributed by atoms with van der Waals surface area (Å²) in [5, 5.41) is 3.04. The number of hydrogen-bond donors (Lipinski definition) is 1. The number of amides is 1. The van der Waals surface area contributed by atoms with Gasteiger partial charge in [-0.2, -0.15) is 0 Å². The minimum atomic E-state index is -0.0389. The lowest BCUT2D eigenvalue weighted by molar-refractivity contribution is -0.121. The van der Waals surface area contributed by atoms with Crippen molar-refractivity contribution in [2.24, 2.45) is 0 Å². The van der Waals surface area contributed by atoms with Crippen LogP contribution >= 0.6 is 0 Å². The zero-order valence-corrected chi connectivity index (χ0v) is 16.9. The zero-order chi connectivity index (χ0) is 20.8. The highest BCUT2D eigenvalue weighted by molar-refractivity contribution is 5.78. The normalized spacial score (nSPS) is 11.8. The molecular weight excluding hydrogens is 372 g/mol. The van der Waals surface area contributed by atoms with Crippen LogP contribution in [0.2, 0.25) is 0 Å². The fraction of sp³-hybridized carbons (Fsp3) is 0.154. The molecule has 0 aliphatic carbocycles. The highest BCUT2D eigenvalue weighted by Gasteiger charge is 2.18. The van der Waals surface area contributed by atoms with Crippen molar-refractivity contribution >= 4 is 5.91 Å². The van der Waals surface area contributed by atoms with Gasteiger partial charge in [0, 0.05) is 24.0 Å². The Balaban J connectivity index is 1.49. The van der Waals surface area contributed by atoms with Gasteiger partial charge in [-0.05, 0) is 12.5 Å². The monoisotopic (exact) mass is 396 g/mol. The number of carbonyl (C=O) groups is 1. The highest BCUT2D eigenvalue weighted by Crippen LogP contribution is 2.32. The third-order valence-electron chi connectivity index (χ3n) is 5.00. The summed E-state index contributed by atoms with van der Waals surface area (Å²) >= 11 is 0. The number of carbonyl (C=O) groups excluding carboxylic acids is 1. The minimum absolute atomic E-state index is 0.0212. The van der Waals surface area contributed by atoms with Gasteiger partial charge in [-0.1, -0.05) is 91.0 Å². The van der Waals surface area contributed by atoms with Gasteiger partial charge in [-0.15, -0.1) is 0 Å². The number of benzene rings is 3. The smallest absolute Gasteiger partial charge is 0.220 e. The largest absolute Gasteiger partial charge is 0.440 e. The van der Waals surface area contributed by atoms with E-state index in [4.69, 9.17) is 9.40 Å². The van der Waals surface area contributed by atoms with Crippen molar-refractivity contribution in [1.82, 2.24) is 10.3 Å². The van der Waals surface area contributed by atoms with Crippen LogP contribution in [0.4, 0.5) is 0 Å². The van der Waals surface area contributed by atoms with Crippen LogP contribution in [-0.4, -0.2) is 10.9 Å². The second-order valence-electron chi connectivity index (χ2n) is 7.22. The summed E-state index contributed by atoms with van der Waals surface area (Å²) in [5.41, 5.74) is 3.85. The van der Waals surface area contributed by atoms with E-state index in [9.17, 15) is 4.79 Å². The van der Waals surface area contributed by atoms with Crippen molar-refractivity contribution in [2.75, 3.05) is 0 Å². The highest BCUT2D eigenvalue weighted by atomic mass is 16.4. The molecule has 0 radical (unpaired) electrons. The van der Waals surface area contributed by atoms with Crippen LogP contribution in [-0.2, 0) is 11.2 Å². The predicted molar refractivity (Wildman–Crippen MR) is 119 cm³/mol. The van der Waals surface area contributed by atoms with Gasteiger partial charge in [-0.25, -0.2) is 4.98 Å². The van der Waals surface area contributed by atoms with E-state index in [0.29, 0.717) is 18.7 Å². The van der Waals surface area contributed by atoms with Gasteiger partial charge in [0.2, 0.25) is 5.91 Å². The number of oxazole rings is 1. The molecule has 4 heteroatoms. The Morgan fingerprint density at radius 3 is 2.07 bits per heavy atom. The summed E-state index contributed by atoms with van der Waals surface area (Å²) in [6.07, 6.45) is 0.764. The molecule has 0 saturated carbocycles. The quantitative estimate of drug-likeness (QED) is 0.428. The molecule has 1 unspecified atom stereocenters. The molecule has 4 rings (SSSR count). The molecule has 1 heterocycles. The minimum Gasteiger partial charge on any atom is -0.440 e. The van der Waals surface area contributed by atoms with E-state index < -0.39 is 0 Å². The van der Waals surface area contributed by atoms with Crippen molar-refractivity contribution in [2.45, 2.75) is 25.8 Å². The molecule has 1 atom stereocenters. The Bertz CT molecular complexity index is 1030. The summed E-state index contributed by atoms with van der Waals surface area (Å²) in [5.74, 6) is 1.28. The Morgan fingerprint density at radius 1 is 0.867 bits per heavy atom. The first-order valence-corrected chi connectivity index (χ1v) is 10.2. The van der Waals surface area contributed by atoms with Crippen LogP contribution in [0.3, 0.4) is 0 Å². The zero-order valence-electron chi connectivity index (χ0n) is 16.9. The molecule has 0 fully saturated rings. The number of nitrogens with zero attached hydrogens (tertiary/aromatic N) is 1. The van der Waals surface area contributed by atoms with Gasteiger partial charge in [0.1, 0.15) is 5.69 Å².